The summed E-state index contributed by atoms with van der Waals surface area (Å²) in [7, 11) is -3.43. The van der Waals surface area contributed by atoms with Gasteiger partial charge in [-0.1, -0.05) is 43.7 Å². The first-order chi connectivity index (χ1) is 14.1. The zero-order valence-corrected chi connectivity index (χ0v) is 18.9. The van der Waals surface area contributed by atoms with Crippen LogP contribution in [0, 0.1) is 6.92 Å². The number of rotatable bonds is 10. The molecule has 0 aliphatic carbocycles. The van der Waals surface area contributed by atoms with Gasteiger partial charge in [0.1, 0.15) is 5.75 Å². The molecule has 0 aromatic heterocycles. The Morgan fingerprint density at radius 3 is 2.50 bits per heavy atom. The molecule has 30 heavy (non-hydrogen) atoms. The van der Waals surface area contributed by atoms with Gasteiger partial charge >= 0.3 is 0 Å². The Bertz CT molecular complexity index is 1000. The van der Waals surface area contributed by atoms with E-state index in [0.717, 1.165) is 11.1 Å². The van der Waals surface area contributed by atoms with Crippen molar-refractivity contribution in [3.05, 3.63) is 70.8 Å². The van der Waals surface area contributed by atoms with Crippen LogP contribution in [0.25, 0.3) is 0 Å². The molecular weight excluding hydrogens is 424 g/mol. The third kappa shape index (κ3) is 7.16. The lowest BCUT2D eigenvalue weighted by Gasteiger charge is -2.16. The number of hydrogen-bond donors (Lipinski definition) is 2. The van der Waals surface area contributed by atoms with Crippen LogP contribution in [0.5, 0.6) is 5.75 Å². The molecule has 2 rings (SSSR count). The first-order valence-corrected chi connectivity index (χ1v) is 11.5. The van der Waals surface area contributed by atoms with Gasteiger partial charge in [0.25, 0.3) is 5.91 Å². The predicted octanol–water partition coefficient (Wildman–Crippen LogP) is 4.39. The average Bonchev–Trinajstić information content (AvgIpc) is 2.68. The van der Waals surface area contributed by atoms with Gasteiger partial charge in [0, 0.05) is 17.3 Å². The van der Waals surface area contributed by atoms with Crippen LogP contribution >= 0.6 is 11.6 Å². The van der Waals surface area contributed by atoms with Gasteiger partial charge in [-0.15, -0.1) is 6.58 Å². The quantitative estimate of drug-likeness (QED) is 0.525. The summed E-state index contributed by atoms with van der Waals surface area (Å²) in [6.07, 6.45) is 1.48. The SMILES string of the molecule is C=CCNS(=O)(=O)Cc1ccc(NC(=O)COc2cc(C)c(Cl)cc2C(C)C)cc1. The van der Waals surface area contributed by atoms with E-state index in [9.17, 15) is 13.2 Å². The molecule has 0 atom stereocenters. The molecular formula is C22H27ClN2O4S. The zero-order chi connectivity index (χ0) is 22.3. The van der Waals surface area contributed by atoms with Gasteiger partial charge in [0.05, 0.1) is 5.75 Å². The minimum absolute atomic E-state index is 0.147. The molecule has 0 aliphatic heterocycles. The van der Waals surface area contributed by atoms with Crippen LogP contribution in [-0.4, -0.2) is 27.5 Å². The number of hydrogen-bond acceptors (Lipinski definition) is 4. The van der Waals surface area contributed by atoms with E-state index in [4.69, 9.17) is 16.3 Å². The van der Waals surface area contributed by atoms with Crippen molar-refractivity contribution in [2.24, 2.45) is 0 Å². The fourth-order valence-electron chi connectivity index (χ4n) is 2.73. The molecule has 0 fully saturated rings. The van der Waals surface area contributed by atoms with Crippen molar-refractivity contribution >= 4 is 33.2 Å². The summed E-state index contributed by atoms with van der Waals surface area (Å²) < 4.78 is 32.0. The van der Waals surface area contributed by atoms with Crippen molar-refractivity contribution < 1.29 is 17.9 Å². The summed E-state index contributed by atoms with van der Waals surface area (Å²) in [4.78, 5) is 12.3. The topological polar surface area (TPSA) is 84.5 Å². The van der Waals surface area contributed by atoms with E-state index >= 15 is 0 Å². The summed E-state index contributed by atoms with van der Waals surface area (Å²) in [5.41, 5.74) is 2.98. The molecule has 2 aromatic carbocycles. The van der Waals surface area contributed by atoms with Crippen LogP contribution in [0.4, 0.5) is 5.69 Å². The largest absolute Gasteiger partial charge is 0.483 e. The van der Waals surface area contributed by atoms with Crippen molar-refractivity contribution in [3.8, 4) is 5.75 Å². The number of halogens is 1. The number of sulfonamides is 1. The second kappa shape index (κ2) is 10.6. The molecule has 2 aromatic rings. The van der Waals surface area contributed by atoms with E-state index in [1.54, 1.807) is 24.3 Å². The molecule has 1 amide bonds. The number of carbonyl (C=O) groups is 1. The molecule has 0 spiro atoms. The molecule has 0 unspecified atom stereocenters. The Labute approximate surface area is 183 Å². The average molecular weight is 451 g/mol. The highest BCUT2D eigenvalue weighted by Crippen LogP contribution is 2.32. The highest BCUT2D eigenvalue weighted by atomic mass is 35.5. The van der Waals surface area contributed by atoms with E-state index in [1.165, 1.54) is 6.08 Å². The van der Waals surface area contributed by atoms with Crippen LogP contribution in [0.2, 0.25) is 5.02 Å². The monoisotopic (exact) mass is 450 g/mol. The van der Waals surface area contributed by atoms with E-state index in [2.05, 4.69) is 16.6 Å². The smallest absolute Gasteiger partial charge is 0.262 e. The van der Waals surface area contributed by atoms with Crippen molar-refractivity contribution in [2.45, 2.75) is 32.4 Å². The molecule has 0 saturated heterocycles. The first kappa shape index (κ1) is 23.9. The van der Waals surface area contributed by atoms with Gasteiger partial charge in [-0.2, -0.15) is 0 Å². The number of amides is 1. The van der Waals surface area contributed by atoms with Crippen molar-refractivity contribution in [2.75, 3.05) is 18.5 Å². The molecule has 0 heterocycles. The Morgan fingerprint density at radius 2 is 1.90 bits per heavy atom. The summed E-state index contributed by atoms with van der Waals surface area (Å²) in [6, 6.07) is 10.3. The molecule has 8 heteroatoms. The van der Waals surface area contributed by atoms with Crippen LogP contribution in [0.1, 0.15) is 36.5 Å². The van der Waals surface area contributed by atoms with Gasteiger partial charge in [-0.25, -0.2) is 13.1 Å². The second-order valence-electron chi connectivity index (χ2n) is 7.22. The van der Waals surface area contributed by atoms with Crippen molar-refractivity contribution in [1.29, 1.82) is 0 Å². The third-order valence-electron chi connectivity index (χ3n) is 4.31. The maximum absolute atomic E-state index is 12.3. The number of nitrogens with one attached hydrogen (secondary N) is 2. The molecule has 2 N–H and O–H groups in total. The van der Waals surface area contributed by atoms with Gasteiger partial charge < -0.3 is 10.1 Å². The summed E-state index contributed by atoms with van der Waals surface area (Å²) >= 11 is 6.20. The van der Waals surface area contributed by atoms with Crippen molar-refractivity contribution in [3.63, 3.8) is 0 Å². The van der Waals surface area contributed by atoms with Crippen LogP contribution < -0.4 is 14.8 Å². The molecule has 0 radical (unpaired) electrons. The predicted molar refractivity (Wildman–Crippen MR) is 122 cm³/mol. The molecule has 0 saturated carbocycles. The Balaban J connectivity index is 1.96. The normalized spacial score (nSPS) is 11.4. The molecule has 0 aliphatic rings. The minimum Gasteiger partial charge on any atom is -0.483 e. The molecule has 162 valence electrons. The lowest BCUT2D eigenvalue weighted by molar-refractivity contribution is -0.118. The van der Waals surface area contributed by atoms with E-state index < -0.39 is 10.0 Å². The first-order valence-electron chi connectivity index (χ1n) is 9.51. The van der Waals surface area contributed by atoms with Gasteiger partial charge in [-0.05, 0) is 53.8 Å². The summed E-state index contributed by atoms with van der Waals surface area (Å²) in [5, 5.41) is 3.41. The highest BCUT2D eigenvalue weighted by molar-refractivity contribution is 7.88. The second-order valence-corrected chi connectivity index (χ2v) is 9.44. The lowest BCUT2D eigenvalue weighted by atomic mass is 10.0. The van der Waals surface area contributed by atoms with E-state index in [-0.39, 0.29) is 30.7 Å². The summed E-state index contributed by atoms with van der Waals surface area (Å²) in [6.45, 7) is 9.46. The van der Waals surface area contributed by atoms with Crippen molar-refractivity contribution in [1.82, 2.24) is 4.72 Å². The van der Waals surface area contributed by atoms with Crippen LogP contribution in [0.3, 0.4) is 0 Å². The van der Waals surface area contributed by atoms with Crippen LogP contribution in [-0.2, 0) is 20.6 Å². The fourth-order valence-corrected chi connectivity index (χ4v) is 4.00. The van der Waals surface area contributed by atoms with E-state index in [0.29, 0.717) is 22.0 Å². The Hall–Kier alpha value is -2.35. The maximum atomic E-state index is 12.3. The number of anilines is 1. The standard InChI is InChI=1S/C22H27ClN2O4S/c1-5-10-24-30(27,28)14-17-6-8-18(9-7-17)25-22(26)13-29-21-11-16(4)20(23)12-19(21)15(2)3/h5-9,11-12,15,24H,1,10,13-14H2,2-4H3,(H,25,26). The lowest BCUT2D eigenvalue weighted by Crippen LogP contribution is -2.25. The third-order valence-corrected chi connectivity index (χ3v) is 6.04. The molecule has 6 nitrogen and oxygen atoms in total. The zero-order valence-electron chi connectivity index (χ0n) is 17.4. The Morgan fingerprint density at radius 1 is 1.23 bits per heavy atom. The number of carbonyl (C=O) groups excluding carboxylic acids is 1. The van der Waals surface area contributed by atoms with E-state index in [1.807, 2.05) is 32.9 Å². The highest BCUT2D eigenvalue weighted by Gasteiger charge is 2.13. The Kier molecular flexibility index (Phi) is 8.46. The molecule has 0 bridgehead atoms. The van der Waals surface area contributed by atoms with Gasteiger partial charge in [0.15, 0.2) is 6.61 Å². The summed E-state index contributed by atoms with van der Waals surface area (Å²) in [5.74, 6) is 0.373. The van der Waals surface area contributed by atoms with Gasteiger partial charge in [0.2, 0.25) is 10.0 Å². The number of ether oxygens (including phenoxy) is 1. The van der Waals surface area contributed by atoms with Gasteiger partial charge in [-0.3, -0.25) is 4.79 Å². The fraction of sp³-hybridized carbons (Fsp3) is 0.318. The number of benzene rings is 2. The number of aryl methyl sites for hydroxylation is 1. The minimum atomic E-state index is -3.43. The van der Waals surface area contributed by atoms with Crippen LogP contribution in [0.15, 0.2) is 49.1 Å². The maximum Gasteiger partial charge on any atom is 0.262 e.